The Kier molecular flexibility index (Phi) is 3.89. The molecule has 1 atom stereocenters. The van der Waals surface area contributed by atoms with Crippen LogP contribution in [0.5, 0.6) is 0 Å². The first kappa shape index (κ1) is 13.8. The molecule has 110 valence electrons. The summed E-state index contributed by atoms with van der Waals surface area (Å²) in [5.41, 5.74) is 0.693. The molecule has 1 N–H and O–H groups in total. The van der Waals surface area contributed by atoms with Gasteiger partial charge in [-0.25, -0.2) is 0 Å². The van der Waals surface area contributed by atoms with Gasteiger partial charge in [0.2, 0.25) is 0 Å². The third-order valence-corrected chi connectivity index (χ3v) is 5.39. The van der Waals surface area contributed by atoms with Crippen molar-refractivity contribution in [2.24, 2.45) is 0 Å². The molecule has 3 aliphatic rings. The molecule has 19 heavy (non-hydrogen) atoms. The smallest absolute Gasteiger partial charge is 0.0702 e. The van der Waals surface area contributed by atoms with Crippen molar-refractivity contribution in [1.29, 1.82) is 0 Å². The van der Waals surface area contributed by atoms with Gasteiger partial charge in [-0.3, -0.25) is 4.90 Å². The molecule has 3 heteroatoms. The Morgan fingerprint density at radius 1 is 1.16 bits per heavy atom. The molecule has 0 amide bonds. The van der Waals surface area contributed by atoms with Crippen LogP contribution in [-0.4, -0.2) is 48.3 Å². The molecule has 2 heterocycles. The minimum Gasteiger partial charge on any atom is -0.377 e. The average Bonchev–Trinajstić information content (AvgIpc) is 2.85. The first-order valence-corrected chi connectivity index (χ1v) is 8.21. The highest BCUT2D eigenvalue weighted by molar-refractivity contribution is 5.05. The molecule has 3 nitrogen and oxygen atoms in total. The van der Waals surface area contributed by atoms with E-state index in [1.54, 1.807) is 0 Å². The van der Waals surface area contributed by atoms with Crippen molar-refractivity contribution in [2.75, 3.05) is 26.2 Å². The molecule has 1 unspecified atom stereocenters. The van der Waals surface area contributed by atoms with E-state index in [1.165, 1.54) is 58.0 Å². The summed E-state index contributed by atoms with van der Waals surface area (Å²) >= 11 is 0. The topological polar surface area (TPSA) is 24.5 Å². The van der Waals surface area contributed by atoms with Gasteiger partial charge in [-0.05, 0) is 46.0 Å². The number of nitrogens with zero attached hydrogens (tertiary/aromatic N) is 1. The van der Waals surface area contributed by atoms with Crippen LogP contribution in [0.15, 0.2) is 0 Å². The molecule has 1 aliphatic carbocycles. The number of piperazine rings is 1. The van der Waals surface area contributed by atoms with Crippen LogP contribution in [-0.2, 0) is 4.74 Å². The van der Waals surface area contributed by atoms with E-state index >= 15 is 0 Å². The fourth-order valence-electron chi connectivity index (χ4n) is 4.20. The zero-order chi connectivity index (χ0) is 13.3. The predicted molar refractivity (Wildman–Crippen MR) is 78.4 cm³/mol. The third kappa shape index (κ3) is 2.98. The van der Waals surface area contributed by atoms with Gasteiger partial charge in [-0.1, -0.05) is 12.8 Å². The number of hydrogen-bond donors (Lipinski definition) is 1. The zero-order valence-electron chi connectivity index (χ0n) is 12.7. The lowest BCUT2D eigenvalue weighted by Gasteiger charge is -2.52. The highest BCUT2D eigenvalue weighted by atomic mass is 16.5. The van der Waals surface area contributed by atoms with Crippen LogP contribution in [0.25, 0.3) is 0 Å². The minimum absolute atomic E-state index is 0.252. The van der Waals surface area contributed by atoms with Gasteiger partial charge in [0.15, 0.2) is 0 Å². The third-order valence-electron chi connectivity index (χ3n) is 5.39. The molecule has 0 aromatic carbocycles. The largest absolute Gasteiger partial charge is 0.377 e. The summed E-state index contributed by atoms with van der Waals surface area (Å²) in [6, 6.07) is 0. The summed E-state index contributed by atoms with van der Waals surface area (Å²) in [6.07, 6.45) is 9.93. The van der Waals surface area contributed by atoms with Crippen molar-refractivity contribution >= 4 is 0 Å². The Labute approximate surface area is 118 Å². The standard InChI is InChI=1S/C16H30N2O/c1-15(2)13-18(11-14-7-3-6-10-19-14)16(12-17-15)8-4-5-9-16/h14,17H,3-13H2,1-2H3. The van der Waals surface area contributed by atoms with Crippen LogP contribution >= 0.6 is 0 Å². The van der Waals surface area contributed by atoms with Gasteiger partial charge in [0.1, 0.15) is 0 Å². The maximum Gasteiger partial charge on any atom is 0.0702 e. The van der Waals surface area contributed by atoms with E-state index in [4.69, 9.17) is 4.74 Å². The van der Waals surface area contributed by atoms with Crippen molar-refractivity contribution < 1.29 is 4.74 Å². The van der Waals surface area contributed by atoms with E-state index < -0.39 is 0 Å². The molecular weight excluding hydrogens is 236 g/mol. The molecule has 3 fully saturated rings. The number of nitrogens with one attached hydrogen (secondary N) is 1. The SMILES string of the molecule is CC1(C)CN(CC2CCCCO2)C2(CCCC2)CN1. The van der Waals surface area contributed by atoms with Gasteiger partial charge < -0.3 is 10.1 Å². The van der Waals surface area contributed by atoms with E-state index in [0.717, 1.165) is 13.2 Å². The second-order valence-electron chi connectivity index (χ2n) is 7.54. The maximum atomic E-state index is 5.99. The first-order chi connectivity index (χ1) is 9.10. The summed E-state index contributed by atoms with van der Waals surface area (Å²) < 4.78 is 5.99. The predicted octanol–water partition coefficient (Wildman–Crippen LogP) is 2.55. The van der Waals surface area contributed by atoms with Gasteiger partial charge in [-0.15, -0.1) is 0 Å². The van der Waals surface area contributed by atoms with Crippen LogP contribution in [0.4, 0.5) is 0 Å². The van der Waals surface area contributed by atoms with Crippen LogP contribution in [0.1, 0.15) is 58.8 Å². The maximum absolute atomic E-state index is 5.99. The Hall–Kier alpha value is -0.120. The molecule has 0 aromatic heterocycles. The summed E-state index contributed by atoms with van der Waals surface area (Å²) in [5, 5.41) is 3.78. The molecule has 0 bridgehead atoms. The second-order valence-corrected chi connectivity index (χ2v) is 7.54. The van der Waals surface area contributed by atoms with Gasteiger partial charge in [0, 0.05) is 37.3 Å². The minimum atomic E-state index is 0.252. The fraction of sp³-hybridized carbons (Fsp3) is 1.00. The van der Waals surface area contributed by atoms with E-state index in [1.807, 2.05) is 0 Å². The quantitative estimate of drug-likeness (QED) is 0.831. The van der Waals surface area contributed by atoms with E-state index in [-0.39, 0.29) is 5.54 Å². The molecule has 2 aliphatic heterocycles. The van der Waals surface area contributed by atoms with Crippen molar-refractivity contribution in [2.45, 2.75) is 76.0 Å². The molecule has 2 saturated heterocycles. The summed E-state index contributed by atoms with van der Waals surface area (Å²) in [7, 11) is 0. The van der Waals surface area contributed by atoms with Gasteiger partial charge in [-0.2, -0.15) is 0 Å². The zero-order valence-corrected chi connectivity index (χ0v) is 12.7. The highest BCUT2D eigenvalue weighted by Gasteiger charge is 2.46. The van der Waals surface area contributed by atoms with Crippen LogP contribution < -0.4 is 5.32 Å². The lowest BCUT2D eigenvalue weighted by Crippen LogP contribution is -2.68. The monoisotopic (exact) mass is 266 g/mol. The van der Waals surface area contributed by atoms with E-state index in [9.17, 15) is 0 Å². The Balaban J connectivity index is 1.69. The van der Waals surface area contributed by atoms with Crippen molar-refractivity contribution in [3.63, 3.8) is 0 Å². The first-order valence-electron chi connectivity index (χ1n) is 8.21. The van der Waals surface area contributed by atoms with Gasteiger partial charge in [0.05, 0.1) is 6.10 Å². The number of ether oxygens (including phenoxy) is 1. The fourth-order valence-corrected chi connectivity index (χ4v) is 4.20. The number of rotatable bonds is 2. The molecular formula is C16H30N2O. The lowest BCUT2D eigenvalue weighted by molar-refractivity contribution is -0.0533. The van der Waals surface area contributed by atoms with Crippen LogP contribution in [0.3, 0.4) is 0 Å². The molecule has 1 saturated carbocycles. The van der Waals surface area contributed by atoms with Crippen molar-refractivity contribution in [1.82, 2.24) is 10.2 Å². The van der Waals surface area contributed by atoms with Crippen LogP contribution in [0, 0.1) is 0 Å². The Morgan fingerprint density at radius 2 is 1.95 bits per heavy atom. The second kappa shape index (κ2) is 5.34. The van der Waals surface area contributed by atoms with E-state index in [2.05, 4.69) is 24.1 Å². The Morgan fingerprint density at radius 3 is 2.63 bits per heavy atom. The Bertz CT molecular complexity index is 304. The van der Waals surface area contributed by atoms with Gasteiger partial charge >= 0.3 is 0 Å². The molecule has 1 spiro atoms. The number of hydrogen-bond acceptors (Lipinski definition) is 3. The summed E-state index contributed by atoms with van der Waals surface area (Å²) in [4.78, 5) is 2.78. The normalized spacial score (nSPS) is 34.7. The van der Waals surface area contributed by atoms with Crippen molar-refractivity contribution in [3.05, 3.63) is 0 Å². The van der Waals surface area contributed by atoms with Crippen LogP contribution in [0.2, 0.25) is 0 Å². The lowest BCUT2D eigenvalue weighted by atomic mass is 9.86. The average molecular weight is 266 g/mol. The van der Waals surface area contributed by atoms with Gasteiger partial charge in [0.25, 0.3) is 0 Å². The highest BCUT2D eigenvalue weighted by Crippen LogP contribution is 2.38. The summed E-state index contributed by atoms with van der Waals surface area (Å²) in [6.45, 7) is 9.16. The molecule has 0 aromatic rings. The summed E-state index contributed by atoms with van der Waals surface area (Å²) in [5.74, 6) is 0. The molecule has 3 rings (SSSR count). The molecule has 0 radical (unpaired) electrons. The van der Waals surface area contributed by atoms with E-state index in [0.29, 0.717) is 11.6 Å². The van der Waals surface area contributed by atoms with Crippen molar-refractivity contribution in [3.8, 4) is 0 Å².